The van der Waals surface area contributed by atoms with Crippen LogP contribution in [0.25, 0.3) is 43.8 Å². The van der Waals surface area contributed by atoms with Gasteiger partial charge in [-0.1, -0.05) is 163 Å². The van der Waals surface area contributed by atoms with Crippen molar-refractivity contribution in [3.8, 4) is 22.3 Å². The molecule has 0 nitrogen and oxygen atoms in total. The van der Waals surface area contributed by atoms with Crippen molar-refractivity contribution < 1.29 is 23.3 Å². The van der Waals surface area contributed by atoms with Gasteiger partial charge in [0.25, 0.3) is 0 Å². The summed E-state index contributed by atoms with van der Waals surface area (Å²) in [7, 11) is 0. The zero-order valence-electron chi connectivity index (χ0n) is 34.7. The van der Waals surface area contributed by atoms with E-state index >= 15 is 0 Å². The Bertz CT molecular complexity index is 1810. The molecule has 2 saturated carbocycles. The zero-order chi connectivity index (χ0) is 36.1. The van der Waals surface area contributed by atoms with Gasteiger partial charge >= 0.3 is 30.2 Å². The minimum atomic E-state index is 0. The third-order valence-corrected chi connectivity index (χ3v) is 12.0. The first-order valence-electron chi connectivity index (χ1n) is 20.5. The van der Waals surface area contributed by atoms with Gasteiger partial charge in [0.1, 0.15) is 0 Å². The van der Waals surface area contributed by atoms with Crippen LogP contribution in [0, 0.1) is 26.7 Å². The number of rotatable bonds is 8. The molecule has 4 heteroatoms. The average Bonchev–Trinajstić information content (AvgIpc) is 3.58. The summed E-state index contributed by atoms with van der Waals surface area (Å²) in [6.07, 6.45) is 21.9. The molecular weight excluding hydrogens is 815 g/mol. The molecule has 0 unspecified atom stereocenters. The van der Waals surface area contributed by atoms with Crippen molar-refractivity contribution in [3.63, 3.8) is 0 Å². The maximum atomic E-state index is 3.06. The van der Waals surface area contributed by atoms with Gasteiger partial charge in [0, 0.05) is 0 Å². The summed E-state index contributed by atoms with van der Waals surface area (Å²) in [6.45, 7) is 7.49. The molecule has 0 bridgehead atoms. The fourth-order valence-electron chi connectivity index (χ4n) is 8.98. The summed E-state index contributed by atoms with van der Waals surface area (Å²) >= 11 is 1.36. The Balaban J connectivity index is 0.000000347. The number of hydrogen-bond donors (Lipinski definition) is 0. The molecule has 0 amide bonds. The quantitative estimate of drug-likeness (QED) is 0.0812. The molecule has 8 rings (SSSR count). The standard InChI is InChI=1S/2C25H29.2CH3.2ClH.Si.Zr/c2*1-2-19-12-14-22(15-13-19)24-11-7-10-23-17-21(18-25(23)24)16-20-8-5-3-4-6-9-20;;;;;;/h2*7,10-15,17-18,20H,2-6,8-9,16H2,1H3;2*1H3;2*1H;;/q4*-1;;;;. The van der Waals surface area contributed by atoms with Crippen LogP contribution < -0.4 is 0 Å². The van der Waals surface area contributed by atoms with Gasteiger partial charge in [-0.3, -0.25) is 0 Å². The molecule has 0 aromatic heterocycles. The molecule has 0 aliphatic heterocycles. The molecule has 0 N–H and O–H groups in total. The van der Waals surface area contributed by atoms with Crippen LogP contribution in [0.5, 0.6) is 0 Å². The predicted octanol–water partition coefficient (Wildman–Crippen LogP) is 16.0. The third-order valence-electron chi connectivity index (χ3n) is 12.0. The van der Waals surface area contributed by atoms with Gasteiger partial charge in [0.15, 0.2) is 0 Å². The van der Waals surface area contributed by atoms with E-state index < -0.39 is 0 Å². The summed E-state index contributed by atoms with van der Waals surface area (Å²) < 4.78 is 0. The number of halogens is 2. The zero-order valence-corrected chi connectivity index (χ0v) is 39.8. The Morgan fingerprint density at radius 2 is 0.839 bits per heavy atom. The van der Waals surface area contributed by atoms with E-state index in [9.17, 15) is 0 Å². The minimum absolute atomic E-state index is 0. The molecule has 2 aliphatic rings. The fraction of sp³-hybridized carbons (Fsp3) is 0.385. The van der Waals surface area contributed by atoms with Crippen LogP contribution in [0.4, 0.5) is 0 Å². The number of hydrogen-bond acceptors (Lipinski definition) is 0. The molecular formula is C52H66Cl2SiZr-4. The summed E-state index contributed by atoms with van der Waals surface area (Å²) in [5.41, 5.74) is 11.3. The van der Waals surface area contributed by atoms with E-state index in [1.807, 2.05) is 0 Å². The predicted molar refractivity (Wildman–Crippen MR) is 252 cm³/mol. The molecule has 0 spiro atoms. The molecule has 300 valence electrons. The molecule has 56 heavy (non-hydrogen) atoms. The molecule has 0 heterocycles. The van der Waals surface area contributed by atoms with Crippen LogP contribution in [-0.4, -0.2) is 6.88 Å². The summed E-state index contributed by atoms with van der Waals surface area (Å²) in [4.78, 5) is 0. The summed E-state index contributed by atoms with van der Waals surface area (Å²) in [5, 5.41) is 5.66. The monoisotopic (exact) mass is 878 g/mol. The van der Waals surface area contributed by atoms with Crippen LogP contribution in [0.1, 0.15) is 113 Å². The first kappa shape index (κ1) is 49.9. The van der Waals surface area contributed by atoms with E-state index in [1.165, 1.54) is 168 Å². The molecule has 6 aromatic carbocycles. The van der Waals surface area contributed by atoms with Crippen LogP contribution in [0.3, 0.4) is 0 Å². The van der Waals surface area contributed by atoms with Gasteiger partial charge in [-0.2, -0.15) is 12.1 Å². The van der Waals surface area contributed by atoms with Crippen LogP contribution in [0.15, 0.2) is 109 Å². The van der Waals surface area contributed by atoms with E-state index in [4.69, 9.17) is 0 Å². The van der Waals surface area contributed by atoms with Crippen LogP contribution in [0.2, 0.25) is 0 Å². The van der Waals surface area contributed by atoms with Gasteiger partial charge in [-0.05, 0) is 59.8 Å². The van der Waals surface area contributed by atoms with Crippen molar-refractivity contribution in [2.45, 2.75) is 117 Å². The van der Waals surface area contributed by atoms with Gasteiger partial charge in [-0.25, -0.2) is 0 Å². The van der Waals surface area contributed by atoms with E-state index in [1.54, 1.807) is 11.1 Å². The Hall–Kier alpha value is -2.22. The van der Waals surface area contributed by atoms with E-state index in [2.05, 4.69) is 130 Å². The van der Waals surface area contributed by atoms with Crippen molar-refractivity contribution in [2.24, 2.45) is 11.8 Å². The molecule has 6 aromatic rings. The van der Waals surface area contributed by atoms with Crippen molar-refractivity contribution in [1.29, 1.82) is 0 Å². The molecule has 2 aliphatic carbocycles. The Morgan fingerprint density at radius 3 is 1.16 bits per heavy atom. The summed E-state index contributed by atoms with van der Waals surface area (Å²) in [5.74, 6) is 1.79. The van der Waals surface area contributed by atoms with Crippen molar-refractivity contribution in [2.75, 3.05) is 0 Å². The summed E-state index contributed by atoms with van der Waals surface area (Å²) in [6, 6.07) is 41.5. The van der Waals surface area contributed by atoms with Gasteiger partial charge in [0.05, 0.1) is 0 Å². The van der Waals surface area contributed by atoms with Crippen molar-refractivity contribution >= 4 is 53.2 Å². The molecule has 2 fully saturated rings. The van der Waals surface area contributed by atoms with Gasteiger partial charge in [-0.15, -0.1) is 93.9 Å². The molecule has 0 saturated heterocycles. The van der Waals surface area contributed by atoms with Crippen LogP contribution >= 0.6 is 24.8 Å². The molecule has 0 atom stereocenters. The Kier molecular flexibility index (Phi) is 23.2. The SMILES string of the molecule is CCc1ccc(-c2cccc3[cH-]c(CC4CCCCCC4)cc23)cc1.CCc1ccc(-c2cccc3[cH-]c(CC4CCCCCC4)cc23)cc1.Cl.Cl.[CH3-].[CH3-].[Si]=[Zr]. The van der Waals surface area contributed by atoms with E-state index in [-0.39, 0.29) is 39.7 Å². The van der Waals surface area contributed by atoms with Crippen LogP contribution in [-0.2, 0) is 49.0 Å². The Labute approximate surface area is 370 Å². The van der Waals surface area contributed by atoms with Gasteiger partial charge in [0.2, 0.25) is 0 Å². The molecule has 2 radical (unpaired) electrons. The van der Waals surface area contributed by atoms with E-state index in [0.29, 0.717) is 0 Å². The first-order chi connectivity index (χ1) is 25.7. The number of fused-ring (bicyclic) bond motifs is 2. The fourth-order valence-corrected chi connectivity index (χ4v) is 8.98. The number of benzene rings is 4. The Morgan fingerprint density at radius 1 is 0.500 bits per heavy atom. The first-order valence-corrected chi connectivity index (χ1v) is 24.7. The van der Waals surface area contributed by atoms with Crippen molar-refractivity contribution in [1.82, 2.24) is 0 Å². The van der Waals surface area contributed by atoms with Crippen molar-refractivity contribution in [3.05, 3.63) is 146 Å². The van der Waals surface area contributed by atoms with Gasteiger partial charge < -0.3 is 14.9 Å². The van der Waals surface area contributed by atoms with E-state index in [0.717, 1.165) is 24.7 Å². The third kappa shape index (κ3) is 13.4. The second-order valence-corrected chi connectivity index (χ2v) is 15.6. The second kappa shape index (κ2) is 26.0. The second-order valence-electron chi connectivity index (χ2n) is 15.6. The maximum absolute atomic E-state index is 3.06. The normalized spacial score (nSPS) is 14.5. The topological polar surface area (TPSA) is 0 Å². The number of aryl methyl sites for hydroxylation is 2. The average molecular weight is 881 g/mol.